The lowest BCUT2D eigenvalue weighted by atomic mass is 10.0. The van der Waals surface area contributed by atoms with Crippen molar-refractivity contribution in [3.05, 3.63) is 0 Å². The van der Waals surface area contributed by atoms with Gasteiger partial charge < -0.3 is 15.7 Å². The van der Waals surface area contributed by atoms with Gasteiger partial charge in [0.2, 0.25) is 0 Å². The van der Waals surface area contributed by atoms with Crippen LogP contribution in [0.15, 0.2) is 0 Å². The van der Waals surface area contributed by atoms with E-state index in [0.29, 0.717) is 19.4 Å². The van der Waals surface area contributed by atoms with Crippen molar-refractivity contribution in [1.29, 1.82) is 0 Å². The summed E-state index contributed by atoms with van der Waals surface area (Å²) in [6.07, 6.45) is 7.85. The van der Waals surface area contributed by atoms with Gasteiger partial charge in [0, 0.05) is 13.0 Å². The third-order valence-electron chi connectivity index (χ3n) is 2.34. The SMILES string of the molecule is C#CCCCCNC(=O)N[C@H](CC(C)C)C(=O)O. The lowest BCUT2D eigenvalue weighted by molar-refractivity contribution is -0.139. The van der Waals surface area contributed by atoms with Crippen LogP contribution in [0.2, 0.25) is 0 Å². The average molecular weight is 254 g/mol. The molecule has 0 aromatic heterocycles. The van der Waals surface area contributed by atoms with E-state index in [2.05, 4.69) is 16.6 Å². The molecule has 1 atom stereocenters. The highest BCUT2D eigenvalue weighted by molar-refractivity contribution is 5.82. The Balaban J connectivity index is 3.89. The first-order chi connectivity index (χ1) is 8.47. The summed E-state index contributed by atoms with van der Waals surface area (Å²) < 4.78 is 0. The minimum Gasteiger partial charge on any atom is -0.480 e. The van der Waals surface area contributed by atoms with E-state index in [4.69, 9.17) is 11.5 Å². The van der Waals surface area contributed by atoms with Gasteiger partial charge in [0.15, 0.2) is 0 Å². The highest BCUT2D eigenvalue weighted by Crippen LogP contribution is 2.04. The molecule has 0 radical (unpaired) electrons. The van der Waals surface area contributed by atoms with Gasteiger partial charge in [-0.2, -0.15) is 0 Å². The number of carbonyl (C=O) groups is 2. The van der Waals surface area contributed by atoms with Gasteiger partial charge in [-0.3, -0.25) is 0 Å². The molecule has 0 aromatic carbocycles. The van der Waals surface area contributed by atoms with Crippen molar-refractivity contribution >= 4 is 12.0 Å². The summed E-state index contributed by atoms with van der Waals surface area (Å²) in [6, 6.07) is -1.28. The zero-order chi connectivity index (χ0) is 14.0. The molecule has 18 heavy (non-hydrogen) atoms. The number of rotatable bonds is 8. The highest BCUT2D eigenvalue weighted by atomic mass is 16.4. The van der Waals surface area contributed by atoms with Gasteiger partial charge in [0.05, 0.1) is 0 Å². The van der Waals surface area contributed by atoms with E-state index in [9.17, 15) is 9.59 Å². The Labute approximate surface area is 108 Å². The number of nitrogens with one attached hydrogen (secondary N) is 2. The van der Waals surface area contributed by atoms with Crippen molar-refractivity contribution in [2.45, 2.75) is 45.6 Å². The Morgan fingerprint density at radius 2 is 2.00 bits per heavy atom. The van der Waals surface area contributed by atoms with Gasteiger partial charge in [0.1, 0.15) is 6.04 Å². The molecule has 2 amide bonds. The molecule has 5 heteroatoms. The van der Waals surface area contributed by atoms with Crippen LogP contribution in [0, 0.1) is 18.3 Å². The van der Waals surface area contributed by atoms with E-state index in [1.54, 1.807) is 0 Å². The van der Waals surface area contributed by atoms with Crippen LogP contribution in [0.4, 0.5) is 4.79 Å². The highest BCUT2D eigenvalue weighted by Gasteiger charge is 2.20. The Morgan fingerprint density at radius 1 is 1.33 bits per heavy atom. The van der Waals surface area contributed by atoms with E-state index >= 15 is 0 Å². The maximum Gasteiger partial charge on any atom is 0.326 e. The van der Waals surface area contributed by atoms with Gasteiger partial charge >= 0.3 is 12.0 Å². The van der Waals surface area contributed by atoms with Crippen LogP contribution in [0.1, 0.15) is 39.5 Å². The summed E-state index contributed by atoms with van der Waals surface area (Å²) in [4.78, 5) is 22.4. The number of carboxylic acids is 1. The van der Waals surface area contributed by atoms with E-state index in [-0.39, 0.29) is 5.92 Å². The number of unbranched alkanes of at least 4 members (excludes halogenated alkanes) is 2. The van der Waals surface area contributed by atoms with Crippen molar-refractivity contribution < 1.29 is 14.7 Å². The lowest BCUT2D eigenvalue weighted by Gasteiger charge is -2.16. The fraction of sp³-hybridized carbons (Fsp3) is 0.692. The molecule has 0 aliphatic carbocycles. The first-order valence-electron chi connectivity index (χ1n) is 6.18. The number of amides is 2. The van der Waals surface area contributed by atoms with Crippen LogP contribution < -0.4 is 10.6 Å². The summed E-state index contributed by atoms with van der Waals surface area (Å²) >= 11 is 0. The molecule has 0 heterocycles. The minimum atomic E-state index is -1.01. The molecule has 102 valence electrons. The van der Waals surface area contributed by atoms with Crippen LogP contribution in [-0.2, 0) is 4.79 Å². The Kier molecular flexibility index (Phi) is 8.46. The van der Waals surface area contributed by atoms with Gasteiger partial charge in [-0.25, -0.2) is 9.59 Å². The molecule has 0 saturated heterocycles. The van der Waals surface area contributed by atoms with Gasteiger partial charge in [-0.05, 0) is 25.2 Å². The normalized spacial score (nSPS) is 11.7. The topological polar surface area (TPSA) is 78.4 Å². The summed E-state index contributed by atoms with van der Waals surface area (Å²) in [6.45, 7) is 4.33. The number of hydrogen-bond donors (Lipinski definition) is 3. The second kappa shape index (κ2) is 9.34. The number of urea groups is 1. The summed E-state index contributed by atoms with van der Waals surface area (Å²) in [7, 11) is 0. The first kappa shape index (κ1) is 16.3. The number of hydrogen-bond acceptors (Lipinski definition) is 2. The maximum atomic E-state index is 11.4. The molecule has 3 N–H and O–H groups in total. The summed E-state index contributed by atoms with van der Waals surface area (Å²) in [5, 5.41) is 14.0. The molecule has 0 bridgehead atoms. The zero-order valence-electron chi connectivity index (χ0n) is 11.0. The first-order valence-corrected chi connectivity index (χ1v) is 6.18. The van der Waals surface area contributed by atoms with Crippen molar-refractivity contribution in [1.82, 2.24) is 10.6 Å². The summed E-state index contributed by atoms with van der Waals surface area (Å²) in [5.41, 5.74) is 0. The molecule has 0 aromatic rings. The number of aliphatic carboxylic acids is 1. The predicted molar refractivity (Wildman–Crippen MR) is 70.1 cm³/mol. The second-order valence-electron chi connectivity index (χ2n) is 4.58. The van der Waals surface area contributed by atoms with Crippen LogP contribution in [0.3, 0.4) is 0 Å². The molecular weight excluding hydrogens is 232 g/mol. The fourth-order valence-electron chi connectivity index (χ4n) is 1.46. The molecule has 0 fully saturated rings. The third-order valence-corrected chi connectivity index (χ3v) is 2.34. The van der Waals surface area contributed by atoms with Crippen molar-refractivity contribution in [2.75, 3.05) is 6.54 Å². The van der Waals surface area contributed by atoms with Crippen molar-refractivity contribution in [3.8, 4) is 12.3 Å². The largest absolute Gasteiger partial charge is 0.480 e. The van der Waals surface area contributed by atoms with E-state index < -0.39 is 18.0 Å². The number of carbonyl (C=O) groups excluding carboxylic acids is 1. The van der Waals surface area contributed by atoms with E-state index in [1.165, 1.54) is 0 Å². The smallest absolute Gasteiger partial charge is 0.326 e. The average Bonchev–Trinajstić information content (AvgIpc) is 2.27. The lowest BCUT2D eigenvalue weighted by Crippen LogP contribution is -2.46. The van der Waals surface area contributed by atoms with Crippen LogP contribution in [0.5, 0.6) is 0 Å². The molecule has 0 aliphatic heterocycles. The third kappa shape index (κ3) is 8.45. The maximum absolute atomic E-state index is 11.4. The van der Waals surface area contributed by atoms with Crippen LogP contribution in [0.25, 0.3) is 0 Å². The molecule has 0 saturated carbocycles. The minimum absolute atomic E-state index is 0.210. The monoisotopic (exact) mass is 254 g/mol. The molecule has 0 aliphatic rings. The molecule has 0 unspecified atom stereocenters. The predicted octanol–water partition coefficient (Wildman–Crippen LogP) is 1.59. The van der Waals surface area contributed by atoms with Crippen molar-refractivity contribution in [3.63, 3.8) is 0 Å². The van der Waals surface area contributed by atoms with Gasteiger partial charge in [-0.15, -0.1) is 12.3 Å². The molecular formula is C13H22N2O3. The fourth-order valence-corrected chi connectivity index (χ4v) is 1.46. The standard InChI is InChI=1S/C13H22N2O3/c1-4-5-6-7-8-14-13(18)15-11(12(16)17)9-10(2)3/h1,10-11H,5-9H2,2-3H3,(H,16,17)(H2,14,15,18)/t11-/m1/s1. The number of terminal acetylenes is 1. The Morgan fingerprint density at radius 3 is 2.50 bits per heavy atom. The van der Waals surface area contributed by atoms with Crippen LogP contribution in [-0.4, -0.2) is 29.7 Å². The van der Waals surface area contributed by atoms with Crippen LogP contribution >= 0.6 is 0 Å². The van der Waals surface area contributed by atoms with Gasteiger partial charge in [-0.1, -0.05) is 13.8 Å². The van der Waals surface area contributed by atoms with E-state index in [0.717, 1.165) is 12.8 Å². The second-order valence-corrected chi connectivity index (χ2v) is 4.58. The molecule has 0 rings (SSSR count). The van der Waals surface area contributed by atoms with Crippen molar-refractivity contribution in [2.24, 2.45) is 5.92 Å². The zero-order valence-corrected chi connectivity index (χ0v) is 11.0. The van der Waals surface area contributed by atoms with E-state index in [1.807, 2.05) is 13.8 Å². The molecule has 0 spiro atoms. The summed E-state index contributed by atoms with van der Waals surface area (Å²) in [5.74, 6) is 1.72. The number of carboxylic acid groups (broad SMARTS) is 1. The molecule has 5 nitrogen and oxygen atoms in total. The Bertz CT molecular complexity index is 308. The quantitative estimate of drug-likeness (QED) is 0.454. The Hall–Kier alpha value is -1.70. The van der Waals surface area contributed by atoms with Gasteiger partial charge in [0.25, 0.3) is 0 Å².